The minimum Gasteiger partial charge on any atom is -0.382 e. The number of H-pyrrole nitrogens is 1. The van der Waals surface area contributed by atoms with E-state index in [-0.39, 0.29) is 5.92 Å². The number of nitrogens with zero attached hydrogens (tertiary/aromatic N) is 5. The zero-order chi connectivity index (χ0) is 11.0. The van der Waals surface area contributed by atoms with Crippen molar-refractivity contribution in [2.24, 2.45) is 7.05 Å². The number of aromatic nitrogens is 6. The molecule has 0 unspecified atom stereocenters. The Bertz CT molecular complexity index is 467. The van der Waals surface area contributed by atoms with Crippen molar-refractivity contribution in [2.45, 2.75) is 19.8 Å². The van der Waals surface area contributed by atoms with Gasteiger partial charge in [0.25, 0.3) is 0 Å². The highest BCUT2D eigenvalue weighted by Gasteiger charge is 2.18. The first-order valence-corrected chi connectivity index (χ1v) is 4.67. The third kappa shape index (κ3) is 1.56. The summed E-state index contributed by atoms with van der Waals surface area (Å²) in [6.07, 6.45) is 0. The van der Waals surface area contributed by atoms with Crippen LogP contribution in [0.15, 0.2) is 0 Å². The van der Waals surface area contributed by atoms with E-state index < -0.39 is 0 Å². The summed E-state index contributed by atoms with van der Waals surface area (Å²) in [6, 6.07) is 0. The highest BCUT2D eigenvalue weighted by atomic mass is 15.6. The molecule has 15 heavy (non-hydrogen) atoms. The molecule has 0 atom stereocenters. The number of aryl methyl sites for hydroxylation is 1. The third-order valence-electron chi connectivity index (χ3n) is 2.14. The van der Waals surface area contributed by atoms with Gasteiger partial charge in [-0.1, -0.05) is 13.8 Å². The SMILES string of the molecule is CC(C)c1c(N)n[nH]c1-c1nnn(C)n1. The first kappa shape index (κ1) is 9.63. The van der Waals surface area contributed by atoms with Crippen molar-refractivity contribution in [1.29, 1.82) is 0 Å². The fourth-order valence-corrected chi connectivity index (χ4v) is 1.50. The van der Waals surface area contributed by atoms with E-state index in [0.717, 1.165) is 11.3 Å². The summed E-state index contributed by atoms with van der Waals surface area (Å²) in [5, 5.41) is 18.6. The van der Waals surface area contributed by atoms with Crippen LogP contribution in [0.4, 0.5) is 5.82 Å². The van der Waals surface area contributed by atoms with E-state index in [4.69, 9.17) is 5.73 Å². The van der Waals surface area contributed by atoms with Gasteiger partial charge in [-0.25, -0.2) is 0 Å². The average Bonchev–Trinajstić information content (AvgIpc) is 2.71. The van der Waals surface area contributed by atoms with Crippen molar-refractivity contribution in [2.75, 3.05) is 5.73 Å². The molecule has 0 spiro atoms. The van der Waals surface area contributed by atoms with Gasteiger partial charge in [0, 0.05) is 5.56 Å². The fourth-order valence-electron chi connectivity index (χ4n) is 1.50. The van der Waals surface area contributed by atoms with Gasteiger partial charge >= 0.3 is 0 Å². The lowest BCUT2D eigenvalue weighted by atomic mass is 10.0. The van der Waals surface area contributed by atoms with Gasteiger partial charge in [-0.2, -0.15) is 9.90 Å². The van der Waals surface area contributed by atoms with E-state index in [9.17, 15) is 0 Å². The second kappa shape index (κ2) is 3.34. The predicted molar refractivity (Wildman–Crippen MR) is 54.9 cm³/mol. The Balaban J connectivity index is 2.53. The quantitative estimate of drug-likeness (QED) is 0.738. The molecule has 2 aromatic rings. The number of nitrogens with one attached hydrogen (secondary N) is 1. The molecule has 0 aromatic carbocycles. The van der Waals surface area contributed by atoms with Gasteiger partial charge in [-0.3, -0.25) is 5.10 Å². The summed E-state index contributed by atoms with van der Waals surface area (Å²) in [7, 11) is 1.71. The van der Waals surface area contributed by atoms with Gasteiger partial charge in [-0.15, -0.1) is 10.2 Å². The molecule has 0 aliphatic heterocycles. The summed E-state index contributed by atoms with van der Waals surface area (Å²) in [6.45, 7) is 4.09. The van der Waals surface area contributed by atoms with Gasteiger partial charge in [0.15, 0.2) is 0 Å². The normalized spacial score (nSPS) is 11.2. The van der Waals surface area contributed by atoms with E-state index in [0.29, 0.717) is 11.6 Å². The minimum atomic E-state index is 0.266. The van der Waals surface area contributed by atoms with Crippen molar-refractivity contribution >= 4 is 5.82 Å². The lowest BCUT2D eigenvalue weighted by molar-refractivity contribution is 0.630. The van der Waals surface area contributed by atoms with Crippen molar-refractivity contribution < 1.29 is 0 Å². The van der Waals surface area contributed by atoms with E-state index in [1.54, 1.807) is 7.05 Å². The monoisotopic (exact) mass is 207 g/mol. The van der Waals surface area contributed by atoms with Crippen LogP contribution in [-0.4, -0.2) is 30.4 Å². The van der Waals surface area contributed by atoms with Crippen molar-refractivity contribution in [1.82, 2.24) is 30.4 Å². The number of nitrogens with two attached hydrogens (primary N) is 1. The van der Waals surface area contributed by atoms with Gasteiger partial charge in [0.05, 0.1) is 7.05 Å². The standard InChI is InChI=1S/C8H13N7/c1-4(2)5-6(10-11-7(5)9)8-12-14-15(3)13-8/h4H,1-3H3,(H3,9,10,11). The maximum atomic E-state index is 5.76. The van der Waals surface area contributed by atoms with Gasteiger partial charge in [0.1, 0.15) is 11.5 Å². The summed E-state index contributed by atoms with van der Waals surface area (Å²) >= 11 is 0. The Morgan fingerprint density at radius 3 is 2.67 bits per heavy atom. The zero-order valence-electron chi connectivity index (χ0n) is 8.89. The highest BCUT2D eigenvalue weighted by molar-refractivity contribution is 5.62. The number of hydrogen-bond donors (Lipinski definition) is 2. The Labute approximate surface area is 86.7 Å². The fraction of sp³-hybridized carbons (Fsp3) is 0.500. The zero-order valence-corrected chi connectivity index (χ0v) is 8.89. The molecule has 3 N–H and O–H groups in total. The van der Waals surface area contributed by atoms with Crippen LogP contribution >= 0.6 is 0 Å². The second-order valence-electron chi connectivity index (χ2n) is 3.65. The molecule has 2 rings (SSSR count). The summed E-state index contributed by atoms with van der Waals surface area (Å²) in [5.74, 6) is 1.28. The maximum Gasteiger partial charge on any atom is 0.222 e. The molecule has 0 aliphatic carbocycles. The van der Waals surface area contributed by atoms with Gasteiger partial charge in [0.2, 0.25) is 5.82 Å². The molecule has 2 aromatic heterocycles. The topological polar surface area (TPSA) is 98.3 Å². The highest BCUT2D eigenvalue weighted by Crippen LogP contribution is 2.28. The maximum absolute atomic E-state index is 5.76. The van der Waals surface area contributed by atoms with Crippen LogP contribution in [0, 0.1) is 0 Å². The Morgan fingerprint density at radius 2 is 2.13 bits per heavy atom. The summed E-state index contributed by atoms with van der Waals surface area (Å²) in [5.41, 5.74) is 7.44. The number of hydrogen-bond acceptors (Lipinski definition) is 5. The molecule has 0 aliphatic rings. The van der Waals surface area contributed by atoms with Crippen LogP contribution in [0.25, 0.3) is 11.5 Å². The minimum absolute atomic E-state index is 0.266. The van der Waals surface area contributed by atoms with E-state index >= 15 is 0 Å². The first-order chi connectivity index (χ1) is 7.09. The Kier molecular flexibility index (Phi) is 2.14. The lowest BCUT2D eigenvalue weighted by Gasteiger charge is -2.03. The van der Waals surface area contributed by atoms with E-state index in [1.165, 1.54) is 4.80 Å². The molecule has 0 saturated heterocycles. The number of anilines is 1. The molecule has 7 nitrogen and oxygen atoms in total. The molecule has 0 amide bonds. The molecule has 0 fully saturated rings. The molecule has 80 valence electrons. The van der Waals surface area contributed by atoms with Crippen LogP contribution in [0.1, 0.15) is 25.3 Å². The Hall–Kier alpha value is -1.92. The first-order valence-electron chi connectivity index (χ1n) is 4.67. The number of nitrogen functional groups attached to an aromatic ring is 1. The molecule has 2 heterocycles. The van der Waals surface area contributed by atoms with Gasteiger partial charge in [-0.05, 0) is 11.1 Å². The van der Waals surface area contributed by atoms with Gasteiger partial charge < -0.3 is 5.73 Å². The van der Waals surface area contributed by atoms with Crippen LogP contribution in [0.5, 0.6) is 0 Å². The van der Waals surface area contributed by atoms with Crippen molar-refractivity contribution in [3.8, 4) is 11.5 Å². The summed E-state index contributed by atoms with van der Waals surface area (Å²) in [4.78, 5) is 1.40. The number of tetrazole rings is 1. The molecule has 0 radical (unpaired) electrons. The predicted octanol–water partition coefficient (Wildman–Crippen LogP) is 0.306. The van der Waals surface area contributed by atoms with E-state index in [2.05, 4.69) is 25.6 Å². The second-order valence-corrected chi connectivity index (χ2v) is 3.65. The molecule has 0 saturated carbocycles. The lowest BCUT2D eigenvalue weighted by Crippen LogP contribution is -1.96. The largest absolute Gasteiger partial charge is 0.382 e. The van der Waals surface area contributed by atoms with Crippen molar-refractivity contribution in [3.63, 3.8) is 0 Å². The van der Waals surface area contributed by atoms with Crippen LogP contribution in [0.3, 0.4) is 0 Å². The van der Waals surface area contributed by atoms with E-state index in [1.807, 2.05) is 13.8 Å². The smallest absolute Gasteiger partial charge is 0.222 e. The van der Waals surface area contributed by atoms with Crippen LogP contribution in [0.2, 0.25) is 0 Å². The van der Waals surface area contributed by atoms with Crippen LogP contribution < -0.4 is 5.73 Å². The molecule has 7 heteroatoms. The van der Waals surface area contributed by atoms with Crippen LogP contribution in [-0.2, 0) is 7.05 Å². The third-order valence-corrected chi connectivity index (χ3v) is 2.14. The average molecular weight is 207 g/mol. The number of rotatable bonds is 2. The molecular weight excluding hydrogens is 194 g/mol. The number of aromatic amines is 1. The summed E-state index contributed by atoms with van der Waals surface area (Å²) < 4.78 is 0. The molecular formula is C8H13N7. The van der Waals surface area contributed by atoms with Crippen molar-refractivity contribution in [3.05, 3.63) is 5.56 Å². The molecule has 0 bridgehead atoms. The Morgan fingerprint density at radius 1 is 1.40 bits per heavy atom.